The summed E-state index contributed by atoms with van der Waals surface area (Å²) in [5, 5.41) is 9.26. The van der Waals surface area contributed by atoms with Gasteiger partial charge in [-0.3, -0.25) is 13.9 Å². The molecular formula is C17H17N3O4. The Morgan fingerprint density at radius 3 is 2.46 bits per heavy atom. The van der Waals surface area contributed by atoms with Crippen molar-refractivity contribution in [1.29, 1.82) is 5.26 Å². The van der Waals surface area contributed by atoms with Crippen molar-refractivity contribution < 1.29 is 9.47 Å². The first-order valence-corrected chi connectivity index (χ1v) is 7.13. The van der Waals surface area contributed by atoms with E-state index in [2.05, 4.69) is 0 Å². The van der Waals surface area contributed by atoms with E-state index in [4.69, 9.17) is 9.47 Å². The molecule has 0 aliphatic carbocycles. The van der Waals surface area contributed by atoms with Gasteiger partial charge in [0.05, 0.1) is 7.11 Å². The fraction of sp³-hybridized carbons (Fsp3) is 0.235. The van der Waals surface area contributed by atoms with Crippen molar-refractivity contribution in [2.24, 2.45) is 14.1 Å². The number of rotatable bonds is 4. The fourth-order valence-corrected chi connectivity index (χ4v) is 2.21. The van der Waals surface area contributed by atoms with Crippen molar-refractivity contribution >= 4 is 6.08 Å². The first-order chi connectivity index (χ1) is 11.4. The molecule has 0 atom stereocenters. The van der Waals surface area contributed by atoms with E-state index in [0.717, 1.165) is 14.7 Å². The average Bonchev–Trinajstić information content (AvgIpc) is 2.59. The Morgan fingerprint density at radius 2 is 1.88 bits per heavy atom. The highest BCUT2D eigenvalue weighted by molar-refractivity contribution is 5.56. The summed E-state index contributed by atoms with van der Waals surface area (Å²) >= 11 is 0. The predicted octanol–water partition coefficient (Wildman–Crippen LogP) is 1.79. The van der Waals surface area contributed by atoms with Gasteiger partial charge in [0.25, 0.3) is 5.56 Å². The van der Waals surface area contributed by atoms with E-state index >= 15 is 0 Å². The smallest absolute Gasteiger partial charge is 0.333 e. The van der Waals surface area contributed by atoms with Gasteiger partial charge in [-0.1, -0.05) is 18.2 Å². The normalized spacial score (nSPS) is 10.6. The Kier molecular flexibility index (Phi) is 4.90. The molecule has 0 saturated heterocycles. The van der Waals surface area contributed by atoms with E-state index < -0.39 is 11.2 Å². The Hall–Kier alpha value is -3.27. The third-order valence-corrected chi connectivity index (χ3v) is 3.48. The molecule has 124 valence electrons. The van der Waals surface area contributed by atoms with Crippen LogP contribution in [0.3, 0.4) is 0 Å². The molecule has 0 amide bonds. The molecule has 0 unspecified atom stereocenters. The number of ether oxygens (including phenoxy) is 2. The molecule has 24 heavy (non-hydrogen) atoms. The highest BCUT2D eigenvalue weighted by Gasteiger charge is 2.19. The molecule has 7 heteroatoms. The van der Waals surface area contributed by atoms with Crippen molar-refractivity contribution in [1.82, 2.24) is 9.13 Å². The zero-order valence-electron chi connectivity index (χ0n) is 13.9. The number of hydrogen-bond donors (Lipinski definition) is 0. The minimum absolute atomic E-state index is 0.123. The van der Waals surface area contributed by atoms with Gasteiger partial charge in [0.2, 0.25) is 5.88 Å². The van der Waals surface area contributed by atoms with Crippen molar-refractivity contribution in [3.63, 3.8) is 0 Å². The molecule has 0 radical (unpaired) electrons. The average molecular weight is 327 g/mol. The van der Waals surface area contributed by atoms with Gasteiger partial charge in [-0.15, -0.1) is 0 Å². The molecule has 0 aliphatic rings. The second kappa shape index (κ2) is 6.87. The van der Waals surface area contributed by atoms with E-state index in [9.17, 15) is 14.9 Å². The van der Waals surface area contributed by atoms with Crippen LogP contribution in [0.1, 0.15) is 18.1 Å². The molecule has 7 nitrogen and oxygen atoms in total. The van der Waals surface area contributed by atoms with Crippen LogP contribution < -0.4 is 20.7 Å². The molecule has 0 N–H and O–H groups in total. The summed E-state index contributed by atoms with van der Waals surface area (Å²) in [4.78, 5) is 24.1. The Morgan fingerprint density at radius 1 is 1.17 bits per heavy atom. The largest absolute Gasteiger partial charge is 0.493 e. The van der Waals surface area contributed by atoms with E-state index in [1.165, 1.54) is 21.2 Å². The zero-order valence-corrected chi connectivity index (χ0v) is 13.9. The quantitative estimate of drug-likeness (QED) is 0.854. The lowest BCUT2D eigenvalue weighted by atomic mass is 10.2. The van der Waals surface area contributed by atoms with Crippen molar-refractivity contribution in [2.75, 3.05) is 7.11 Å². The molecule has 1 aromatic carbocycles. The highest BCUT2D eigenvalue weighted by atomic mass is 16.5. The number of nitriles is 1. The van der Waals surface area contributed by atoms with Crippen LogP contribution in [-0.2, 0) is 14.1 Å². The Labute approximate surface area is 138 Å². The lowest BCUT2D eigenvalue weighted by Crippen LogP contribution is -2.38. The van der Waals surface area contributed by atoms with E-state index in [0.29, 0.717) is 11.5 Å². The van der Waals surface area contributed by atoms with E-state index in [-0.39, 0.29) is 11.4 Å². The maximum atomic E-state index is 12.1. The summed E-state index contributed by atoms with van der Waals surface area (Å²) in [5.74, 6) is 0.593. The summed E-state index contributed by atoms with van der Waals surface area (Å²) in [6.07, 6.45) is 3.77. The van der Waals surface area contributed by atoms with Crippen LogP contribution in [0.15, 0.2) is 33.9 Å². The van der Waals surface area contributed by atoms with E-state index in [1.807, 2.05) is 19.1 Å². The van der Waals surface area contributed by atoms with Crippen molar-refractivity contribution in [2.45, 2.75) is 6.92 Å². The second-order valence-electron chi connectivity index (χ2n) is 5.01. The predicted molar refractivity (Wildman–Crippen MR) is 89.4 cm³/mol. The standard InChI is InChI=1S/C17H17N3O4/c1-5-6-11-7-8-13(14(9-11)23-4)24-16-12(10-18)15(21)19(2)17(22)20(16)3/h5-9H,1-4H3. The summed E-state index contributed by atoms with van der Waals surface area (Å²) in [6.45, 7) is 1.89. The van der Waals surface area contributed by atoms with Gasteiger partial charge < -0.3 is 9.47 Å². The molecule has 0 spiro atoms. The van der Waals surface area contributed by atoms with Gasteiger partial charge in [0, 0.05) is 14.1 Å². The summed E-state index contributed by atoms with van der Waals surface area (Å²) in [5.41, 5.74) is -0.641. The third-order valence-electron chi connectivity index (χ3n) is 3.48. The van der Waals surface area contributed by atoms with Crippen LogP contribution in [0.25, 0.3) is 6.08 Å². The zero-order chi connectivity index (χ0) is 17.9. The molecule has 0 saturated carbocycles. The SMILES string of the molecule is CC=Cc1ccc(Oc2c(C#N)c(=O)n(C)c(=O)n2C)c(OC)c1. The van der Waals surface area contributed by atoms with Gasteiger partial charge in [-0.05, 0) is 24.6 Å². The molecule has 2 aromatic rings. The fourth-order valence-electron chi connectivity index (χ4n) is 2.21. The van der Waals surface area contributed by atoms with Gasteiger partial charge in [0.15, 0.2) is 17.1 Å². The van der Waals surface area contributed by atoms with Crippen LogP contribution in [-0.4, -0.2) is 16.2 Å². The van der Waals surface area contributed by atoms with Gasteiger partial charge >= 0.3 is 5.69 Å². The van der Waals surface area contributed by atoms with Gasteiger partial charge in [-0.25, -0.2) is 4.79 Å². The number of aromatic nitrogens is 2. The number of allylic oxidation sites excluding steroid dienone is 1. The van der Waals surface area contributed by atoms with Crippen LogP contribution in [0.2, 0.25) is 0 Å². The molecule has 1 heterocycles. The van der Waals surface area contributed by atoms with Crippen LogP contribution in [0.5, 0.6) is 17.4 Å². The molecule has 0 bridgehead atoms. The minimum atomic E-state index is -0.708. The van der Waals surface area contributed by atoms with Crippen LogP contribution in [0, 0.1) is 11.3 Å². The van der Waals surface area contributed by atoms with Gasteiger partial charge in [0.1, 0.15) is 6.07 Å². The summed E-state index contributed by atoms with van der Waals surface area (Å²) in [6, 6.07) is 6.99. The molecule has 1 aromatic heterocycles. The highest BCUT2D eigenvalue weighted by Crippen LogP contribution is 2.32. The molecule has 0 aliphatic heterocycles. The molecule has 2 rings (SSSR count). The number of nitrogens with zero attached hydrogens (tertiary/aromatic N) is 3. The maximum absolute atomic E-state index is 12.1. The second-order valence-corrected chi connectivity index (χ2v) is 5.01. The third kappa shape index (κ3) is 2.94. The minimum Gasteiger partial charge on any atom is -0.493 e. The van der Waals surface area contributed by atoms with Crippen LogP contribution in [0.4, 0.5) is 0 Å². The Balaban J connectivity index is 2.63. The van der Waals surface area contributed by atoms with Crippen molar-refractivity contribution in [3.05, 3.63) is 56.2 Å². The lowest BCUT2D eigenvalue weighted by Gasteiger charge is -2.15. The van der Waals surface area contributed by atoms with Crippen LogP contribution >= 0.6 is 0 Å². The van der Waals surface area contributed by atoms with E-state index in [1.54, 1.807) is 24.3 Å². The summed E-state index contributed by atoms with van der Waals surface area (Å²) in [7, 11) is 4.22. The first kappa shape index (κ1) is 17.1. The molecule has 0 fully saturated rings. The summed E-state index contributed by atoms with van der Waals surface area (Å²) < 4.78 is 12.9. The number of hydrogen-bond acceptors (Lipinski definition) is 5. The maximum Gasteiger partial charge on any atom is 0.333 e. The van der Waals surface area contributed by atoms with Gasteiger partial charge in [-0.2, -0.15) is 5.26 Å². The molecular weight excluding hydrogens is 310 g/mol. The first-order valence-electron chi connectivity index (χ1n) is 7.13. The van der Waals surface area contributed by atoms with Crippen molar-refractivity contribution in [3.8, 4) is 23.4 Å². The lowest BCUT2D eigenvalue weighted by molar-refractivity contribution is 0.362. The number of benzene rings is 1. The Bertz CT molecular complexity index is 962. The monoisotopic (exact) mass is 327 g/mol. The topological polar surface area (TPSA) is 86.3 Å². The number of methoxy groups -OCH3 is 1.